The summed E-state index contributed by atoms with van der Waals surface area (Å²) in [5, 5.41) is 12.0. The summed E-state index contributed by atoms with van der Waals surface area (Å²) in [4.78, 5) is 17.2. The maximum absolute atomic E-state index is 13.1. The van der Waals surface area contributed by atoms with Crippen LogP contribution in [0.1, 0.15) is 18.1 Å². The first-order valence-corrected chi connectivity index (χ1v) is 11.9. The van der Waals surface area contributed by atoms with Crippen molar-refractivity contribution in [3.05, 3.63) is 72.1 Å². The minimum absolute atomic E-state index is 0.193. The molecule has 8 nitrogen and oxygen atoms in total. The number of pyridine rings is 1. The van der Waals surface area contributed by atoms with Gasteiger partial charge in [0.15, 0.2) is 11.0 Å². The molecule has 2 aromatic heterocycles. The fourth-order valence-corrected chi connectivity index (χ4v) is 4.36. The number of aryl methyl sites for hydroxylation is 2. The summed E-state index contributed by atoms with van der Waals surface area (Å²) in [6.07, 6.45) is 3.44. The second kappa shape index (κ2) is 10.6. The van der Waals surface area contributed by atoms with Crippen LogP contribution >= 0.6 is 11.8 Å². The van der Waals surface area contributed by atoms with Crippen LogP contribution in [0.25, 0.3) is 17.1 Å². The molecule has 180 valence electrons. The highest BCUT2D eigenvalue weighted by atomic mass is 32.2. The van der Waals surface area contributed by atoms with E-state index in [1.165, 1.54) is 17.3 Å². The van der Waals surface area contributed by atoms with E-state index in [0.717, 1.165) is 16.8 Å². The summed E-state index contributed by atoms with van der Waals surface area (Å²) in [6, 6.07) is 15.2. The lowest BCUT2D eigenvalue weighted by atomic mass is 10.1. The number of amides is 1. The molecule has 1 atom stereocenters. The number of methoxy groups -OCH3 is 2. The number of rotatable bonds is 8. The summed E-state index contributed by atoms with van der Waals surface area (Å²) in [5.41, 5.74) is 4.70. The monoisotopic (exact) mass is 489 g/mol. The average Bonchev–Trinajstić information content (AvgIpc) is 3.29. The third-order valence-corrected chi connectivity index (χ3v) is 6.68. The van der Waals surface area contributed by atoms with E-state index < -0.39 is 5.25 Å². The van der Waals surface area contributed by atoms with Crippen LogP contribution in [-0.2, 0) is 4.79 Å². The average molecular weight is 490 g/mol. The Balaban J connectivity index is 1.65. The molecule has 9 heteroatoms. The van der Waals surface area contributed by atoms with Gasteiger partial charge < -0.3 is 14.8 Å². The summed E-state index contributed by atoms with van der Waals surface area (Å²) >= 11 is 1.33. The van der Waals surface area contributed by atoms with Crippen molar-refractivity contribution in [2.75, 3.05) is 19.5 Å². The molecular weight excluding hydrogens is 462 g/mol. The molecule has 0 spiro atoms. The summed E-state index contributed by atoms with van der Waals surface area (Å²) in [7, 11) is 3.13. The Labute approximate surface area is 208 Å². The number of nitrogens with one attached hydrogen (secondary N) is 1. The summed E-state index contributed by atoms with van der Waals surface area (Å²) in [5.74, 6) is 1.66. The molecule has 4 aromatic rings. The second-order valence-corrected chi connectivity index (χ2v) is 9.27. The minimum atomic E-state index is -0.467. The van der Waals surface area contributed by atoms with Crippen molar-refractivity contribution in [1.29, 1.82) is 0 Å². The fraction of sp³-hybridized carbons (Fsp3) is 0.231. The van der Waals surface area contributed by atoms with Gasteiger partial charge in [-0.1, -0.05) is 17.8 Å². The van der Waals surface area contributed by atoms with Crippen LogP contribution in [0.15, 0.2) is 66.1 Å². The molecule has 0 bridgehead atoms. The summed E-state index contributed by atoms with van der Waals surface area (Å²) in [6.45, 7) is 5.97. The Bertz CT molecular complexity index is 1340. The number of carbonyl (C=O) groups excluding carboxylic acids is 1. The largest absolute Gasteiger partial charge is 0.497 e. The molecule has 1 N–H and O–H groups in total. The van der Waals surface area contributed by atoms with Gasteiger partial charge in [-0.3, -0.25) is 14.3 Å². The van der Waals surface area contributed by atoms with Gasteiger partial charge in [-0.05, 0) is 68.3 Å². The molecule has 0 radical (unpaired) electrons. The van der Waals surface area contributed by atoms with Gasteiger partial charge in [0.2, 0.25) is 5.91 Å². The van der Waals surface area contributed by atoms with E-state index in [9.17, 15) is 4.79 Å². The van der Waals surface area contributed by atoms with Gasteiger partial charge in [0.25, 0.3) is 0 Å². The molecule has 2 heterocycles. The summed E-state index contributed by atoms with van der Waals surface area (Å²) < 4.78 is 12.6. The van der Waals surface area contributed by atoms with E-state index in [0.29, 0.717) is 28.2 Å². The van der Waals surface area contributed by atoms with Crippen molar-refractivity contribution in [3.8, 4) is 28.6 Å². The maximum Gasteiger partial charge on any atom is 0.237 e. The highest BCUT2D eigenvalue weighted by molar-refractivity contribution is 8.00. The van der Waals surface area contributed by atoms with E-state index in [1.54, 1.807) is 44.8 Å². The minimum Gasteiger partial charge on any atom is -0.497 e. The molecule has 0 aliphatic carbocycles. The molecule has 35 heavy (non-hydrogen) atoms. The third kappa shape index (κ3) is 5.30. The van der Waals surface area contributed by atoms with Crippen LogP contribution in [0, 0.1) is 13.8 Å². The quantitative estimate of drug-likeness (QED) is 0.345. The van der Waals surface area contributed by atoms with Crippen LogP contribution in [0.3, 0.4) is 0 Å². The fourth-order valence-electron chi connectivity index (χ4n) is 3.49. The lowest BCUT2D eigenvalue weighted by Gasteiger charge is -2.16. The second-order valence-electron chi connectivity index (χ2n) is 7.96. The first kappa shape index (κ1) is 24.3. The van der Waals surface area contributed by atoms with E-state index in [4.69, 9.17) is 9.47 Å². The van der Waals surface area contributed by atoms with Crippen LogP contribution < -0.4 is 14.8 Å². The van der Waals surface area contributed by atoms with Gasteiger partial charge >= 0.3 is 0 Å². The molecule has 0 saturated carbocycles. The highest BCUT2D eigenvalue weighted by Gasteiger charge is 2.23. The zero-order chi connectivity index (χ0) is 24.9. The number of anilines is 1. The molecular formula is C26H27N5O3S. The van der Waals surface area contributed by atoms with Gasteiger partial charge in [-0.15, -0.1) is 10.2 Å². The van der Waals surface area contributed by atoms with E-state index >= 15 is 0 Å². The van der Waals surface area contributed by atoms with Crippen LogP contribution in [-0.4, -0.2) is 45.1 Å². The van der Waals surface area contributed by atoms with E-state index in [-0.39, 0.29) is 5.91 Å². The molecule has 2 aromatic carbocycles. The van der Waals surface area contributed by atoms with Gasteiger partial charge in [-0.2, -0.15) is 0 Å². The lowest BCUT2D eigenvalue weighted by Crippen LogP contribution is -2.23. The number of ether oxygens (including phenoxy) is 2. The predicted octanol–water partition coefficient (Wildman–Crippen LogP) is 5.08. The number of nitrogens with zero attached hydrogens (tertiary/aromatic N) is 4. The van der Waals surface area contributed by atoms with Gasteiger partial charge in [-0.25, -0.2) is 0 Å². The smallest absolute Gasteiger partial charge is 0.237 e. The standard InChI is InChI=1S/C26H27N5O3S/c1-16-6-7-20(14-17(16)2)31-24(19-10-12-27-13-11-19)29-30-26(31)35-18(3)25(32)28-22-15-21(33-4)8-9-23(22)34-5/h6-15,18H,1-5H3,(H,28,32). The van der Waals surface area contributed by atoms with Gasteiger partial charge in [0.1, 0.15) is 11.5 Å². The molecule has 0 fully saturated rings. The lowest BCUT2D eigenvalue weighted by molar-refractivity contribution is -0.115. The number of carbonyl (C=O) groups is 1. The molecule has 0 aliphatic heterocycles. The zero-order valence-corrected chi connectivity index (χ0v) is 21.1. The van der Waals surface area contributed by atoms with Crippen LogP contribution in [0.5, 0.6) is 11.5 Å². The molecule has 1 unspecified atom stereocenters. The van der Waals surface area contributed by atoms with Crippen LogP contribution in [0.4, 0.5) is 5.69 Å². The van der Waals surface area contributed by atoms with Crippen molar-refractivity contribution in [2.45, 2.75) is 31.2 Å². The topological polar surface area (TPSA) is 91.2 Å². The van der Waals surface area contributed by atoms with Crippen molar-refractivity contribution in [1.82, 2.24) is 19.7 Å². The van der Waals surface area contributed by atoms with Crippen molar-refractivity contribution < 1.29 is 14.3 Å². The Hall–Kier alpha value is -3.85. The molecule has 4 rings (SSSR count). The SMILES string of the molecule is COc1ccc(OC)c(NC(=O)C(C)Sc2nnc(-c3ccncc3)n2-c2ccc(C)c(C)c2)c1. The normalized spacial score (nSPS) is 11.7. The Morgan fingerprint density at radius 3 is 2.43 bits per heavy atom. The van der Waals surface area contributed by atoms with Gasteiger partial charge in [0.05, 0.1) is 30.8 Å². The Morgan fingerprint density at radius 1 is 0.971 bits per heavy atom. The predicted molar refractivity (Wildman–Crippen MR) is 138 cm³/mol. The maximum atomic E-state index is 13.1. The van der Waals surface area contributed by atoms with Crippen LogP contribution in [0.2, 0.25) is 0 Å². The molecule has 1 amide bonds. The van der Waals surface area contributed by atoms with Crippen molar-refractivity contribution >= 4 is 23.4 Å². The third-order valence-electron chi connectivity index (χ3n) is 5.64. The van der Waals surface area contributed by atoms with E-state index in [2.05, 4.69) is 46.5 Å². The van der Waals surface area contributed by atoms with E-state index in [1.807, 2.05) is 29.7 Å². The number of benzene rings is 2. The first-order chi connectivity index (χ1) is 16.9. The van der Waals surface area contributed by atoms with Gasteiger partial charge in [0, 0.05) is 24.0 Å². The number of thioether (sulfide) groups is 1. The number of aromatic nitrogens is 4. The number of hydrogen-bond donors (Lipinski definition) is 1. The first-order valence-electron chi connectivity index (χ1n) is 11.0. The molecule has 0 aliphatic rings. The number of hydrogen-bond acceptors (Lipinski definition) is 7. The van der Waals surface area contributed by atoms with Crippen molar-refractivity contribution in [3.63, 3.8) is 0 Å². The highest BCUT2D eigenvalue weighted by Crippen LogP contribution is 2.33. The Kier molecular flexibility index (Phi) is 7.36. The zero-order valence-electron chi connectivity index (χ0n) is 20.3. The van der Waals surface area contributed by atoms with Crippen molar-refractivity contribution in [2.24, 2.45) is 0 Å². The Morgan fingerprint density at radius 2 is 1.74 bits per heavy atom. The molecule has 0 saturated heterocycles.